The van der Waals surface area contributed by atoms with E-state index in [0.717, 1.165) is 12.0 Å². The molecule has 0 spiro atoms. The van der Waals surface area contributed by atoms with E-state index in [9.17, 15) is 0 Å². The summed E-state index contributed by atoms with van der Waals surface area (Å²) in [6.45, 7) is 4.32. The average Bonchev–Trinajstić information content (AvgIpc) is 2.39. The zero-order valence-corrected chi connectivity index (χ0v) is 10.2. The van der Waals surface area contributed by atoms with Crippen molar-refractivity contribution in [1.29, 1.82) is 5.26 Å². The molecule has 0 aliphatic carbocycles. The van der Waals surface area contributed by atoms with E-state index in [-0.39, 0.29) is 0 Å². The number of nitriles is 1. The molecule has 0 heterocycles. The highest BCUT2D eigenvalue weighted by Gasteiger charge is 2.01. The van der Waals surface area contributed by atoms with E-state index < -0.39 is 0 Å². The predicted molar refractivity (Wildman–Crippen MR) is 70.7 cm³/mol. The molecule has 0 aliphatic heterocycles. The molecule has 0 aromatic heterocycles. The number of benzene rings is 2. The molecular weight excluding hydrogens is 206 g/mol. The van der Waals surface area contributed by atoms with E-state index >= 15 is 0 Å². The van der Waals surface area contributed by atoms with Gasteiger partial charge in [-0.1, -0.05) is 37.3 Å². The number of hydrogen-bond acceptors (Lipinski definition) is 1. The van der Waals surface area contributed by atoms with Crippen molar-refractivity contribution in [3.8, 4) is 17.2 Å². The van der Waals surface area contributed by atoms with E-state index in [1.807, 2.05) is 24.3 Å². The van der Waals surface area contributed by atoms with Gasteiger partial charge >= 0.3 is 0 Å². The fourth-order valence-electron chi connectivity index (χ4n) is 2.01. The molecule has 0 bridgehead atoms. The molecular formula is C16H15N. The normalized spacial score (nSPS) is 9.94. The molecule has 1 nitrogen and oxygen atoms in total. The Bertz CT molecular complexity index is 559. The maximum Gasteiger partial charge on any atom is 0.0991 e. The van der Waals surface area contributed by atoms with Crippen LogP contribution in [-0.4, -0.2) is 0 Å². The summed E-state index contributed by atoms with van der Waals surface area (Å²) in [6.07, 6.45) is 1.07. The van der Waals surface area contributed by atoms with E-state index in [4.69, 9.17) is 5.26 Å². The Labute approximate surface area is 102 Å². The van der Waals surface area contributed by atoms with Gasteiger partial charge in [0.1, 0.15) is 0 Å². The van der Waals surface area contributed by atoms with Crippen LogP contribution in [0, 0.1) is 18.3 Å². The summed E-state index contributed by atoms with van der Waals surface area (Å²) in [5.74, 6) is 0. The molecule has 0 saturated carbocycles. The summed E-state index contributed by atoms with van der Waals surface area (Å²) in [4.78, 5) is 0. The lowest BCUT2D eigenvalue weighted by Crippen LogP contribution is -1.87. The summed E-state index contributed by atoms with van der Waals surface area (Å²) in [5, 5.41) is 8.76. The van der Waals surface area contributed by atoms with Crippen molar-refractivity contribution >= 4 is 0 Å². The van der Waals surface area contributed by atoms with E-state index in [2.05, 4.69) is 38.1 Å². The fourth-order valence-corrected chi connectivity index (χ4v) is 2.01. The molecule has 84 valence electrons. The van der Waals surface area contributed by atoms with Crippen molar-refractivity contribution in [2.24, 2.45) is 0 Å². The van der Waals surface area contributed by atoms with Crippen molar-refractivity contribution in [3.05, 3.63) is 59.2 Å². The Morgan fingerprint density at radius 1 is 1.00 bits per heavy atom. The number of aryl methyl sites for hydroxylation is 2. The third-order valence-corrected chi connectivity index (χ3v) is 3.07. The van der Waals surface area contributed by atoms with Crippen molar-refractivity contribution in [2.75, 3.05) is 0 Å². The highest BCUT2D eigenvalue weighted by molar-refractivity contribution is 5.65. The van der Waals surface area contributed by atoms with Gasteiger partial charge in [0.05, 0.1) is 11.6 Å². The Kier molecular flexibility index (Phi) is 3.25. The molecule has 0 N–H and O–H groups in total. The standard InChI is InChI=1S/C16H15N/c1-3-14-8-9-16(10-12(14)2)15-6-4-13(11-17)5-7-15/h4-10H,3H2,1-2H3. The number of rotatable bonds is 2. The van der Waals surface area contributed by atoms with Crippen LogP contribution in [0.2, 0.25) is 0 Å². The molecule has 2 rings (SSSR count). The smallest absolute Gasteiger partial charge is 0.0991 e. The Morgan fingerprint density at radius 3 is 2.18 bits per heavy atom. The van der Waals surface area contributed by atoms with E-state index in [1.54, 1.807) is 0 Å². The van der Waals surface area contributed by atoms with Crippen molar-refractivity contribution in [3.63, 3.8) is 0 Å². The van der Waals surface area contributed by atoms with Crippen LogP contribution in [0.25, 0.3) is 11.1 Å². The van der Waals surface area contributed by atoms with Crippen molar-refractivity contribution in [1.82, 2.24) is 0 Å². The quantitative estimate of drug-likeness (QED) is 0.749. The minimum atomic E-state index is 0.704. The zero-order valence-electron chi connectivity index (χ0n) is 10.2. The minimum Gasteiger partial charge on any atom is -0.192 e. The predicted octanol–water partition coefficient (Wildman–Crippen LogP) is 4.10. The lowest BCUT2D eigenvalue weighted by Gasteiger charge is -2.07. The molecule has 0 unspecified atom stereocenters. The van der Waals surface area contributed by atoms with Crippen LogP contribution in [0.5, 0.6) is 0 Å². The molecule has 1 heteroatoms. The summed E-state index contributed by atoms with van der Waals surface area (Å²) in [7, 11) is 0. The third-order valence-electron chi connectivity index (χ3n) is 3.07. The van der Waals surface area contributed by atoms with Gasteiger partial charge in [0, 0.05) is 0 Å². The van der Waals surface area contributed by atoms with Gasteiger partial charge in [-0.05, 0) is 47.7 Å². The largest absolute Gasteiger partial charge is 0.192 e. The SMILES string of the molecule is CCc1ccc(-c2ccc(C#N)cc2)cc1C. The van der Waals surface area contributed by atoms with Crippen LogP contribution >= 0.6 is 0 Å². The topological polar surface area (TPSA) is 23.8 Å². The second-order valence-corrected chi connectivity index (χ2v) is 4.18. The molecule has 2 aromatic carbocycles. The molecule has 0 radical (unpaired) electrons. The maximum absolute atomic E-state index is 8.76. The number of hydrogen-bond donors (Lipinski definition) is 0. The van der Waals surface area contributed by atoms with E-state index in [1.165, 1.54) is 16.7 Å². The summed E-state index contributed by atoms with van der Waals surface area (Å²) >= 11 is 0. The van der Waals surface area contributed by atoms with Crippen LogP contribution in [0.15, 0.2) is 42.5 Å². The van der Waals surface area contributed by atoms with Gasteiger partial charge in [-0.2, -0.15) is 5.26 Å². The highest BCUT2D eigenvalue weighted by atomic mass is 14.2. The van der Waals surface area contributed by atoms with Gasteiger partial charge in [-0.25, -0.2) is 0 Å². The molecule has 0 saturated heterocycles. The third kappa shape index (κ3) is 2.37. The van der Waals surface area contributed by atoms with Crippen LogP contribution in [0.4, 0.5) is 0 Å². The lowest BCUT2D eigenvalue weighted by atomic mass is 9.98. The summed E-state index contributed by atoms with van der Waals surface area (Å²) < 4.78 is 0. The first-order valence-electron chi connectivity index (χ1n) is 5.84. The van der Waals surface area contributed by atoms with Crippen LogP contribution in [0.1, 0.15) is 23.6 Å². The molecule has 0 atom stereocenters. The lowest BCUT2D eigenvalue weighted by molar-refractivity contribution is 1.11. The van der Waals surface area contributed by atoms with Gasteiger partial charge < -0.3 is 0 Å². The van der Waals surface area contributed by atoms with Gasteiger partial charge in [0.25, 0.3) is 0 Å². The monoisotopic (exact) mass is 221 g/mol. The Balaban J connectivity index is 2.40. The van der Waals surface area contributed by atoms with Crippen molar-refractivity contribution in [2.45, 2.75) is 20.3 Å². The summed E-state index contributed by atoms with van der Waals surface area (Å²) in [5.41, 5.74) is 5.80. The molecule has 0 aliphatic rings. The average molecular weight is 221 g/mol. The first-order valence-corrected chi connectivity index (χ1v) is 5.84. The summed E-state index contributed by atoms with van der Waals surface area (Å²) in [6, 6.07) is 16.4. The van der Waals surface area contributed by atoms with Gasteiger partial charge in [0.2, 0.25) is 0 Å². The second-order valence-electron chi connectivity index (χ2n) is 4.18. The van der Waals surface area contributed by atoms with Crippen molar-refractivity contribution < 1.29 is 0 Å². The molecule has 2 aromatic rings. The fraction of sp³-hybridized carbons (Fsp3) is 0.188. The maximum atomic E-state index is 8.76. The van der Waals surface area contributed by atoms with Gasteiger partial charge in [-0.15, -0.1) is 0 Å². The van der Waals surface area contributed by atoms with Gasteiger partial charge in [-0.3, -0.25) is 0 Å². The first kappa shape index (κ1) is 11.4. The van der Waals surface area contributed by atoms with E-state index in [0.29, 0.717) is 5.56 Å². The highest BCUT2D eigenvalue weighted by Crippen LogP contribution is 2.22. The Morgan fingerprint density at radius 2 is 1.65 bits per heavy atom. The first-order chi connectivity index (χ1) is 8.24. The molecule has 0 amide bonds. The number of nitrogens with zero attached hydrogens (tertiary/aromatic N) is 1. The zero-order chi connectivity index (χ0) is 12.3. The second kappa shape index (κ2) is 4.84. The van der Waals surface area contributed by atoms with Crippen LogP contribution < -0.4 is 0 Å². The Hall–Kier alpha value is -2.07. The van der Waals surface area contributed by atoms with Gasteiger partial charge in [0.15, 0.2) is 0 Å². The van der Waals surface area contributed by atoms with Crippen LogP contribution in [-0.2, 0) is 6.42 Å². The van der Waals surface area contributed by atoms with Crippen LogP contribution in [0.3, 0.4) is 0 Å². The molecule has 0 fully saturated rings. The molecule has 17 heavy (non-hydrogen) atoms. The minimum absolute atomic E-state index is 0.704.